The minimum absolute atomic E-state index is 0.0604. The van der Waals surface area contributed by atoms with Crippen LogP contribution in [-0.4, -0.2) is 50.4 Å². The van der Waals surface area contributed by atoms with Gasteiger partial charge in [-0.05, 0) is 31.5 Å². The van der Waals surface area contributed by atoms with Crippen LogP contribution in [0.4, 0.5) is 19.0 Å². The molecule has 2 aliphatic rings. The SMILES string of the molecule is Cc1nn(C)c(C)c1CN(C)C(=O)c1cc2n(n1)[C@@H](C(F)(F)F)C[C@@H](c1ccc3c(c1)OCO3)N2. The molecule has 12 heteroatoms. The molecule has 3 aromatic rings. The van der Waals surface area contributed by atoms with Gasteiger partial charge in [-0.1, -0.05) is 6.07 Å². The van der Waals surface area contributed by atoms with Crippen molar-refractivity contribution in [3.05, 3.63) is 52.5 Å². The lowest BCUT2D eigenvalue weighted by Crippen LogP contribution is -2.35. The molecule has 4 heterocycles. The molecule has 2 atom stereocenters. The third-order valence-electron chi connectivity index (χ3n) is 6.61. The van der Waals surface area contributed by atoms with Crippen LogP contribution < -0.4 is 14.8 Å². The van der Waals surface area contributed by atoms with Crippen LogP contribution in [0.2, 0.25) is 0 Å². The molecule has 2 aliphatic heterocycles. The summed E-state index contributed by atoms with van der Waals surface area (Å²) in [7, 11) is 3.41. The van der Waals surface area contributed by atoms with Crippen LogP contribution in [0.3, 0.4) is 0 Å². The molecule has 0 aliphatic carbocycles. The first-order chi connectivity index (χ1) is 16.5. The van der Waals surface area contributed by atoms with Gasteiger partial charge in [0, 0.05) is 44.4 Å². The van der Waals surface area contributed by atoms with Crippen LogP contribution in [-0.2, 0) is 13.6 Å². The van der Waals surface area contributed by atoms with E-state index >= 15 is 0 Å². The Morgan fingerprint density at radius 2 is 1.94 bits per heavy atom. The van der Waals surface area contributed by atoms with Crippen LogP contribution in [0.15, 0.2) is 24.3 Å². The second-order valence-electron chi connectivity index (χ2n) is 8.90. The number of hydrogen-bond donors (Lipinski definition) is 1. The molecule has 0 unspecified atom stereocenters. The van der Waals surface area contributed by atoms with Gasteiger partial charge in [0.1, 0.15) is 5.82 Å². The van der Waals surface area contributed by atoms with E-state index in [1.54, 1.807) is 29.9 Å². The summed E-state index contributed by atoms with van der Waals surface area (Å²) in [5.41, 5.74) is 3.16. The molecule has 5 rings (SSSR count). The number of carbonyl (C=O) groups is 1. The van der Waals surface area contributed by atoms with Gasteiger partial charge in [0.2, 0.25) is 6.79 Å². The van der Waals surface area contributed by atoms with E-state index in [0.29, 0.717) is 17.1 Å². The maximum atomic E-state index is 14.0. The fourth-order valence-corrected chi connectivity index (χ4v) is 4.58. The highest BCUT2D eigenvalue weighted by Crippen LogP contribution is 2.45. The molecular weight excluding hydrogens is 465 g/mol. The van der Waals surface area contributed by atoms with E-state index in [0.717, 1.165) is 21.6 Å². The number of carbonyl (C=O) groups excluding carboxylic acids is 1. The van der Waals surface area contributed by atoms with Gasteiger partial charge in [-0.2, -0.15) is 23.4 Å². The van der Waals surface area contributed by atoms with E-state index in [4.69, 9.17) is 9.47 Å². The minimum atomic E-state index is -4.55. The molecule has 0 radical (unpaired) electrons. The van der Waals surface area contributed by atoms with Gasteiger partial charge in [-0.15, -0.1) is 0 Å². The van der Waals surface area contributed by atoms with Gasteiger partial charge < -0.3 is 19.7 Å². The number of amides is 1. The Morgan fingerprint density at radius 3 is 2.63 bits per heavy atom. The molecule has 35 heavy (non-hydrogen) atoms. The first-order valence-corrected chi connectivity index (χ1v) is 11.1. The van der Waals surface area contributed by atoms with Gasteiger partial charge >= 0.3 is 6.18 Å². The van der Waals surface area contributed by atoms with Crippen LogP contribution in [0, 0.1) is 13.8 Å². The fourth-order valence-electron chi connectivity index (χ4n) is 4.58. The van der Waals surface area contributed by atoms with Crippen molar-refractivity contribution >= 4 is 11.7 Å². The topological polar surface area (TPSA) is 86.4 Å². The number of benzene rings is 1. The molecule has 0 fully saturated rings. The molecular formula is C23H25F3N6O3. The number of hydrogen-bond acceptors (Lipinski definition) is 6. The summed E-state index contributed by atoms with van der Waals surface area (Å²) >= 11 is 0. The molecule has 0 bridgehead atoms. The smallest absolute Gasteiger partial charge is 0.410 e. The molecule has 0 spiro atoms. The van der Waals surface area contributed by atoms with Gasteiger partial charge in [-0.25, -0.2) is 4.68 Å². The van der Waals surface area contributed by atoms with Crippen molar-refractivity contribution < 1.29 is 27.4 Å². The van der Waals surface area contributed by atoms with Crippen molar-refractivity contribution in [3.63, 3.8) is 0 Å². The quantitative estimate of drug-likeness (QED) is 0.597. The van der Waals surface area contributed by atoms with Crippen molar-refractivity contribution in [1.29, 1.82) is 0 Å². The van der Waals surface area contributed by atoms with Crippen molar-refractivity contribution in [1.82, 2.24) is 24.5 Å². The number of halogens is 3. The number of nitrogens with one attached hydrogen (secondary N) is 1. The number of aromatic nitrogens is 4. The van der Waals surface area contributed by atoms with Crippen molar-refractivity contribution in [2.45, 2.75) is 45.1 Å². The monoisotopic (exact) mass is 490 g/mol. The summed E-state index contributed by atoms with van der Waals surface area (Å²) in [5.74, 6) is 0.700. The van der Waals surface area contributed by atoms with Crippen molar-refractivity contribution in [2.24, 2.45) is 7.05 Å². The van der Waals surface area contributed by atoms with Crippen LogP contribution in [0.5, 0.6) is 11.5 Å². The first-order valence-electron chi connectivity index (χ1n) is 11.1. The largest absolute Gasteiger partial charge is 0.454 e. The van der Waals surface area contributed by atoms with E-state index in [9.17, 15) is 18.0 Å². The van der Waals surface area contributed by atoms with E-state index in [1.807, 2.05) is 20.9 Å². The zero-order chi connectivity index (χ0) is 25.1. The number of nitrogens with zero attached hydrogens (tertiary/aromatic N) is 5. The molecule has 0 saturated carbocycles. The molecule has 2 aromatic heterocycles. The third kappa shape index (κ3) is 4.06. The Kier molecular flexibility index (Phi) is 5.41. The number of fused-ring (bicyclic) bond motifs is 2. The second-order valence-corrected chi connectivity index (χ2v) is 8.90. The second kappa shape index (κ2) is 8.21. The number of aryl methyl sites for hydroxylation is 2. The summed E-state index contributed by atoms with van der Waals surface area (Å²) in [6.45, 7) is 4.09. The maximum absolute atomic E-state index is 14.0. The van der Waals surface area contributed by atoms with Crippen molar-refractivity contribution in [2.75, 3.05) is 19.2 Å². The van der Waals surface area contributed by atoms with Gasteiger partial charge in [-0.3, -0.25) is 9.48 Å². The molecule has 1 aromatic carbocycles. The lowest BCUT2D eigenvalue weighted by molar-refractivity contribution is -0.173. The lowest BCUT2D eigenvalue weighted by Gasteiger charge is -2.33. The molecule has 1 N–H and O–H groups in total. The van der Waals surface area contributed by atoms with Crippen LogP contribution in [0.1, 0.15) is 51.5 Å². The Labute approximate surface area is 199 Å². The normalized spacial score (nSPS) is 18.8. The number of ether oxygens (including phenoxy) is 2. The Hall–Kier alpha value is -3.70. The highest BCUT2D eigenvalue weighted by Gasteiger charge is 2.47. The van der Waals surface area contributed by atoms with Crippen LogP contribution >= 0.6 is 0 Å². The van der Waals surface area contributed by atoms with Gasteiger partial charge in [0.25, 0.3) is 5.91 Å². The van der Waals surface area contributed by atoms with Gasteiger partial charge in [0.15, 0.2) is 23.2 Å². The number of rotatable bonds is 4. The standard InChI is InChI=1S/C23H25F3N6O3/c1-12-15(13(2)31(4)28-12)10-30(3)22(33)17-9-21-27-16(8-20(23(24,25)26)32(21)29-17)14-5-6-18-19(7-14)35-11-34-18/h5-7,9,16,20,27H,8,10-11H2,1-4H3/t16-,20+/m0/s1. The zero-order valence-corrected chi connectivity index (χ0v) is 19.7. The third-order valence-corrected chi connectivity index (χ3v) is 6.61. The number of alkyl halides is 3. The fraction of sp³-hybridized carbons (Fsp3) is 0.435. The summed E-state index contributed by atoms with van der Waals surface area (Å²) in [5, 5.41) is 11.5. The van der Waals surface area contributed by atoms with Crippen LogP contribution in [0.25, 0.3) is 0 Å². The highest BCUT2D eigenvalue weighted by molar-refractivity contribution is 5.93. The predicted octanol–water partition coefficient (Wildman–Crippen LogP) is 3.89. The first kappa shape index (κ1) is 23.1. The average Bonchev–Trinajstić information content (AvgIpc) is 3.50. The Bertz CT molecular complexity index is 1300. The van der Waals surface area contributed by atoms with E-state index in [1.165, 1.54) is 11.0 Å². The summed E-state index contributed by atoms with van der Waals surface area (Å²) in [4.78, 5) is 14.5. The summed E-state index contributed by atoms with van der Waals surface area (Å²) in [6.07, 6.45) is -4.83. The van der Waals surface area contributed by atoms with E-state index in [2.05, 4.69) is 15.5 Å². The summed E-state index contributed by atoms with van der Waals surface area (Å²) in [6, 6.07) is 3.91. The molecule has 0 saturated heterocycles. The number of anilines is 1. The highest BCUT2D eigenvalue weighted by atomic mass is 19.4. The van der Waals surface area contributed by atoms with E-state index in [-0.39, 0.29) is 31.3 Å². The Morgan fingerprint density at radius 1 is 1.20 bits per heavy atom. The molecule has 9 nitrogen and oxygen atoms in total. The average molecular weight is 490 g/mol. The Balaban J connectivity index is 1.43. The molecule has 186 valence electrons. The molecule has 1 amide bonds. The summed E-state index contributed by atoms with van der Waals surface area (Å²) < 4.78 is 55.4. The predicted molar refractivity (Wildman–Crippen MR) is 119 cm³/mol. The minimum Gasteiger partial charge on any atom is -0.454 e. The maximum Gasteiger partial charge on any atom is 0.410 e. The lowest BCUT2D eigenvalue weighted by atomic mass is 9.96. The zero-order valence-electron chi connectivity index (χ0n) is 19.7. The van der Waals surface area contributed by atoms with Gasteiger partial charge in [0.05, 0.1) is 11.7 Å². The van der Waals surface area contributed by atoms with Crippen molar-refractivity contribution in [3.8, 4) is 11.5 Å². The van der Waals surface area contributed by atoms with E-state index < -0.39 is 24.2 Å².